The van der Waals surface area contributed by atoms with E-state index in [4.69, 9.17) is 0 Å². The summed E-state index contributed by atoms with van der Waals surface area (Å²) in [6.45, 7) is 8.53. The fourth-order valence-corrected chi connectivity index (χ4v) is 3.64. The highest BCUT2D eigenvalue weighted by Gasteiger charge is 2.15. The molecule has 0 spiro atoms. The summed E-state index contributed by atoms with van der Waals surface area (Å²) >= 11 is 0. The van der Waals surface area contributed by atoms with Crippen LogP contribution in [-0.2, 0) is 6.42 Å². The molecule has 176 valence electrons. The molecule has 0 amide bonds. The van der Waals surface area contributed by atoms with Crippen molar-refractivity contribution in [1.82, 2.24) is 0 Å². The molecule has 1 unspecified atom stereocenters. The lowest BCUT2D eigenvalue weighted by Crippen LogP contribution is -2.08. The van der Waals surface area contributed by atoms with Crippen molar-refractivity contribution in [1.29, 1.82) is 0 Å². The minimum Gasteiger partial charge on any atom is -0.507 e. The number of benzene rings is 2. The monoisotopic (exact) mass is 445 g/mol. The molecule has 0 radical (unpaired) electrons. The summed E-state index contributed by atoms with van der Waals surface area (Å²) in [5.41, 5.74) is 4.74. The van der Waals surface area contributed by atoms with Gasteiger partial charge >= 0.3 is 0 Å². The zero-order valence-corrected chi connectivity index (χ0v) is 21.0. The van der Waals surface area contributed by atoms with Crippen molar-refractivity contribution in [2.24, 2.45) is 5.41 Å². The van der Waals surface area contributed by atoms with E-state index in [-0.39, 0.29) is 11.2 Å². The second-order valence-electron chi connectivity index (χ2n) is 9.08. The molecule has 0 bridgehead atoms. The average molecular weight is 446 g/mol. The minimum absolute atomic E-state index is 0.106. The number of aromatic hydroxyl groups is 2. The fraction of sp³-hybridized carbons (Fsp3) is 0.333. The predicted octanol–water partition coefficient (Wildman–Crippen LogP) is 7.76. The van der Waals surface area contributed by atoms with E-state index in [0.717, 1.165) is 47.2 Å². The van der Waals surface area contributed by atoms with Crippen molar-refractivity contribution >= 4 is 17.8 Å². The molecule has 2 N–H and O–H groups in total. The van der Waals surface area contributed by atoms with Crippen molar-refractivity contribution in [3.63, 3.8) is 0 Å². The van der Waals surface area contributed by atoms with E-state index in [1.165, 1.54) is 0 Å². The second kappa shape index (κ2) is 12.2. The number of hydrogen-bond acceptors (Lipinski definition) is 3. The third-order valence-electron chi connectivity index (χ3n) is 5.83. The third kappa shape index (κ3) is 8.02. The maximum atomic E-state index is 10.3. The minimum atomic E-state index is -0.106. The molecule has 0 saturated carbocycles. The smallest absolute Gasteiger partial charge is 0.124 e. The predicted molar refractivity (Wildman–Crippen MR) is 144 cm³/mol. The summed E-state index contributed by atoms with van der Waals surface area (Å²) in [7, 11) is 3.91. The molecule has 3 nitrogen and oxygen atoms in total. The molecular weight excluding hydrogens is 406 g/mol. The van der Waals surface area contributed by atoms with Gasteiger partial charge in [-0.2, -0.15) is 0 Å². The van der Waals surface area contributed by atoms with Gasteiger partial charge in [0.1, 0.15) is 11.5 Å². The Balaban J connectivity index is 2.13. The van der Waals surface area contributed by atoms with Crippen molar-refractivity contribution in [3.8, 4) is 11.5 Å². The van der Waals surface area contributed by atoms with Gasteiger partial charge in [0.25, 0.3) is 0 Å². The maximum absolute atomic E-state index is 10.3. The molecule has 0 aliphatic heterocycles. The Morgan fingerprint density at radius 1 is 0.939 bits per heavy atom. The number of anilines is 1. The number of allylic oxidation sites excluding steroid dienone is 6. The highest BCUT2D eigenvalue weighted by Crippen LogP contribution is 2.30. The maximum Gasteiger partial charge on any atom is 0.124 e. The van der Waals surface area contributed by atoms with Crippen LogP contribution in [-0.4, -0.2) is 24.3 Å². The Morgan fingerprint density at radius 2 is 1.61 bits per heavy atom. The van der Waals surface area contributed by atoms with E-state index in [0.29, 0.717) is 5.75 Å². The lowest BCUT2D eigenvalue weighted by atomic mass is 9.84. The molecule has 0 aliphatic carbocycles. The summed E-state index contributed by atoms with van der Waals surface area (Å²) in [5, 5.41) is 20.6. The standard InChI is InChI=1S/C30H39NO2/c1-7-18-30(4,20-17-26-14-12-24(8-2)21-28(26)32)19-9-10-23(3)11-13-25-15-16-27(31(5)6)22-29(25)33/h9-17,19-22,32-33H,7-8,18H2,1-6H3/b13-11+,19-9-,20-17+,23-10+. The quantitative estimate of drug-likeness (QED) is 0.367. The van der Waals surface area contributed by atoms with Crippen LogP contribution in [0.5, 0.6) is 11.5 Å². The van der Waals surface area contributed by atoms with Crippen molar-refractivity contribution in [2.75, 3.05) is 19.0 Å². The summed E-state index contributed by atoms with van der Waals surface area (Å²) in [6, 6.07) is 11.6. The number of nitrogens with zero attached hydrogens (tertiary/aromatic N) is 1. The number of aryl methyl sites for hydroxylation is 1. The zero-order valence-electron chi connectivity index (χ0n) is 21.0. The van der Waals surface area contributed by atoms with Gasteiger partial charge in [0.05, 0.1) is 0 Å². The summed E-state index contributed by atoms with van der Waals surface area (Å²) < 4.78 is 0. The largest absolute Gasteiger partial charge is 0.507 e. The lowest BCUT2D eigenvalue weighted by Gasteiger charge is -2.21. The van der Waals surface area contributed by atoms with Crippen LogP contribution in [0.4, 0.5) is 5.69 Å². The normalized spacial score (nSPS) is 14.4. The van der Waals surface area contributed by atoms with E-state index >= 15 is 0 Å². The fourth-order valence-electron chi connectivity index (χ4n) is 3.64. The van der Waals surface area contributed by atoms with Crippen LogP contribution in [0.1, 0.15) is 57.2 Å². The highest BCUT2D eigenvalue weighted by molar-refractivity contribution is 5.64. The molecule has 0 heterocycles. The van der Waals surface area contributed by atoms with Gasteiger partial charge in [-0.3, -0.25) is 0 Å². The van der Waals surface area contributed by atoms with E-state index < -0.39 is 0 Å². The molecule has 1 atom stereocenters. The van der Waals surface area contributed by atoms with Gasteiger partial charge in [-0.1, -0.05) is 87.4 Å². The molecule has 2 rings (SSSR count). The van der Waals surface area contributed by atoms with Crippen molar-refractivity contribution in [3.05, 3.63) is 89.0 Å². The zero-order chi connectivity index (χ0) is 24.4. The number of hydrogen-bond donors (Lipinski definition) is 2. The third-order valence-corrected chi connectivity index (χ3v) is 5.83. The van der Waals surface area contributed by atoms with Gasteiger partial charge in [0.15, 0.2) is 0 Å². The Morgan fingerprint density at radius 3 is 2.21 bits per heavy atom. The summed E-state index contributed by atoms with van der Waals surface area (Å²) in [6.07, 6.45) is 17.5. The molecule has 3 heteroatoms. The molecular formula is C30H39NO2. The van der Waals surface area contributed by atoms with E-state index in [1.807, 2.05) is 68.4 Å². The molecule has 2 aromatic rings. The van der Waals surface area contributed by atoms with Crippen LogP contribution in [0, 0.1) is 5.41 Å². The molecule has 2 aromatic carbocycles. The van der Waals surface area contributed by atoms with Crippen LogP contribution in [0.25, 0.3) is 12.2 Å². The van der Waals surface area contributed by atoms with Crippen LogP contribution in [0.3, 0.4) is 0 Å². The molecule has 0 aromatic heterocycles. The Bertz CT molecular complexity index is 1040. The molecule has 0 aliphatic rings. The van der Waals surface area contributed by atoms with Crippen molar-refractivity contribution < 1.29 is 10.2 Å². The average Bonchev–Trinajstić information content (AvgIpc) is 2.77. The Hall–Kier alpha value is -3.20. The first-order chi connectivity index (χ1) is 15.7. The molecule has 0 fully saturated rings. The first kappa shape index (κ1) is 26.1. The lowest BCUT2D eigenvalue weighted by molar-refractivity contribution is 0.472. The topological polar surface area (TPSA) is 43.7 Å². The van der Waals surface area contributed by atoms with E-state index in [1.54, 1.807) is 6.07 Å². The van der Waals surface area contributed by atoms with Crippen LogP contribution in [0.15, 0.2) is 72.4 Å². The molecule has 0 saturated heterocycles. The van der Waals surface area contributed by atoms with Gasteiger partial charge in [-0.15, -0.1) is 0 Å². The van der Waals surface area contributed by atoms with Gasteiger partial charge in [0.2, 0.25) is 0 Å². The van der Waals surface area contributed by atoms with Crippen molar-refractivity contribution in [2.45, 2.75) is 47.0 Å². The number of rotatable bonds is 10. The van der Waals surface area contributed by atoms with Crippen LogP contribution < -0.4 is 4.90 Å². The van der Waals surface area contributed by atoms with E-state index in [9.17, 15) is 10.2 Å². The van der Waals surface area contributed by atoms with E-state index in [2.05, 4.69) is 51.1 Å². The Kier molecular flexibility index (Phi) is 9.59. The number of phenols is 2. The van der Waals surface area contributed by atoms with Crippen LogP contribution in [0.2, 0.25) is 0 Å². The number of phenolic OH excluding ortho intramolecular Hbond substituents is 2. The highest BCUT2D eigenvalue weighted by atomic mass is 16.3. The van der Waals surface area contributed by atoms with Gasteiger partial charge in [-0.25, -0.2) is 0 Å². The SMILES string of the molecule is CCCC(C)(\C=C/C=C(C)/C=C/c1ccc(N(C)C)cc1O)/C=C/c1ccc(CC)cc1O. The first-order valence-corrected chi connectivity index (χ1v) is 11.7. The van der Waals surface area contributed by atoms with Gasteiger partial charge in [-0.05, 0) is 43.5 Å². The van der Waals surface area contributed by atoms with Gasteiger partial charge in [0, 0.05) is 42.4 Å². The molecule has 33 heavy (non-hydrogen) atoms. The second-order valence-corrected chi connectivity index (χ2v) is 9.08. The summed E-state index contributed by atoms with van der Waals surface area (Å²) in [5.74, 6) is 0.604. The van der Waals surface area contributed by atoms with Gasteiger partial charge < -0.3 is 15.1 Å². The Labute approximate surface area is 200 Å². The summed E-state index contributed by atoms with van der Waals surface area (Å²) in [4.78, 5) is 1.96. The first-order valence-electron chi connectivity index (χ1n) is 11.7. The van der Waals surface area contributed by atoms with Crippen LogP contribution >= 0.6 is 0 Å².